The van der Waals surface area contributed by atoms with E-state index >= 15 is 0 Å². The Kier molecular flexibility index (Phi) is 4.48. The summed E-state index contributed by atoms with van der Waals surface area (Å²) in [6.45, 7) is 5.29. The maximum absolute atomic E-state index is 10.1. The van der Waals surface area contributed by atoms with Crippen molar-refractivity contribution in [1.82, 2.24) is 9.80 Å². The van der Waals surface area contributed by atoms with Crippen molar-refractivity contribution >= 4 is 0 Å². The number of β-amino-alcohol motifs (C(OH)–C–C–N with tert-alkyl or cyclic N) is 1. The molecule has 1 saturated heterocycles. The maximum Gasteiger partial charge on any atom is 0.231 e. The number of hydrogen-bond donors (Lipinski definition) is 1. The molecule has 1 atom stereocenters. The first kappa shape index (κ1) is 14.4. The number of benzene rings is 1. The molecule has 0 aliphatic carbocycles. The zero-order chi connectivity index (χ0) is 14.7. The number of ether oxygens (including phenoxy) is 3. The number of aliphatic hydroxyl groups is 1. The summed E-state index contributed by atoms with van der Waals surface area (Å²) in [7, 11) is 2.12. The normalized spacial score (nSPS) is 20.5. The van der Waals surface area contributed by atoms with Crippen LogP contribution in [0.25, 0.3) is 0 Å². The minimum absolute atomic E-state index is 0.255. The molecule has 2 heterocycles. The van der Waals surface area contributed by atoms with E-state index < -0.39 is 6.10 Å². The van der Waals surface area contributed by atoms with Crippen molar-refractivity contribution in [3.8, 4) is 17.2 Å². The first-order valence-corrected chi connectivity index (χ1v) is 7.32. The van der Waals surface area contributed by atoms with Gasteiger partial charge in [-0.2, -0.15) is 0 Å². The van der Waals surface area contributed by atoms with Crippen molar-refractivity contribution in [2.75, 3.05) is 53.2 Å². The molecule has 1 aromatic carbocycles. The van der Waals surface area contributed by atoms with Crippen LogP contribution in [0.15, 0.2) is 18.2 Å². The Morgan fingerprint density at radius 3 is 2.76 bits per heavy atom. The van der Waals surface area contributed by atoms with Crippen LogP contribution in [0.5, 0.6) is 17.2 Å². The molecule has 1 fully saturated rings. The van der Waals surface area contributed by atoms with Gasteiger partial charge in [0.25, 0.3) is 0 Å². The van der Waals surface area contributed by atoms with E-state index in [1.807, 2.05) is 12.1 Å². The van der Waals surface area contributed by atoms with E-state index in [1.54, 1.807) is 6.07 Å². The van der Waals surface area contributed by atoms with Crippen LogP contribution in [0, 0.1) is 0 Å². The number of likely N-dealkylation sites (N-methyl/N-ethyl adjacent to an activating group) is 1. The summed E-state index contributed by atoms with van der Waals surface area (Å²) < 4.78 is 16.2. The summed E-state index contributed by atoms with van der Waals surface area (Å²) in [4.78, 5) is 4.57. The zero-order valence-corrected chi connectivity index (χ0v) is 12.3. The van der Waals surface area contributed by atoms with Gasteiger partial charge < -0.3 is 24.2 Å². The van der Waals surface area contributed by atoms with Crippen molar-refractivity contribution in [3.63, 3.8) is 0 Å². The zero-order valence-electron chi connectivity index (χ0n) is 12.3. The highest BCUT2D eigenvalue weighted by atomic mass is 16.7. The number of nitrogens with zero attached hydrogens (tertiary/aromatic N) is 2. The van der Waals surface area contributed by atoms with Gasteiger partial charge in [0.05, 0.1) is 0 Å². The van der Waals surface area contributed by atoms with Crippen LogP contribution in [-0.4, -0.2) is 74.2 Å². The second-order valence-corrected chi connectivity index (χ2v) is 5.58. The van der Waals surface area contributed by atoms with Gasteiger partial charge in [-0.15, -0.1) is 0 Å². The smallest absolute Gasteiger partial charge is 0.231 e. The van der Waals surface area contributed by atoms with Crippen molar-refractivity contribution < 1.29 is 19.3 Å². The molecule has 0 amide bonds. The number of hydrogen-bond acceptors (Lipinski definition) is 6. The fraction of sp³-hybridized carbons (Fsp3) is 0.600. The maximum atomic E-state index is 10.1. The van der Waals surface area contributed by atoms with Gasteiger partial charge in [0.2, 0.25) is 6.79 Å². The lowest BCUT2D eigenvalue weighted by Crippen LogP contribution is -2.47. The molecule has 21 heavy (non-hydrogen) atoms. The van der Waals surface area contributed by atoms with E-state index in [2.05, 4.69) is 16.8 Å². The highest BCUT2D eigenvalue weighted by Gasteiger charge is 2.18. The molecular weight excluding hydrogens is 272 g/mol. The Bertz CT molecular complexity index is 475. The Hall–Kier alpha value is -1.50. The third-order valence-corrected chi connectivity index (χ3v) is 3.85. The van der Waals surface area contributed by atoms with Crippen LogP contribution >= 0.6 is 0 Å². The van der Waals surface area contributed by atoms with Crippen molar-refractivity contribution in [3.05, 3.63) is 18.2 Å². The lowest BCUT2D eigenvalue weighted by Gasteiger charge is -2.33. The molecule has 1 aromatic rings. The summed E-state index contributed by atoms with van der Waals surface area (Å²) in [5.74, 6) is 2.12. The monoisotopic (exact) mass is 294 g/mol. The predicted molar refractivity (Wildman–Crippen MR) is 78.0 cm³/mol. The van der Waals surface area contributed by atoms with Gasteiger partial charge in [-0.25, -0.2) is 0 Å². The Morgan fingerprint density at radius 2 is 1.95 bits per heavy atom. The van der Waals surface area contributed by atoms with Crippen molar-refractivity contribution in [2.24, 2.45) is 0 Å². The molecule has 1 N–H and O–H groups in total. The minimum Gasteiger partial charge on any atom is -0.491 e. The van der Waals surface area contributed by atoms with E-state index in [9.17, 15) is 5.11 Å². The van der Waals surface area contributed by atoms with Crippen molar-refractivity contribution in [2.45, 2.75) is 6.10 Å². The minimum atomic E-state index is -0.487. The molecule has 0 saturated carbocycles. The molecule has 0 spiro atoms. The third-order valence-electron chi connectivity index (χ3n) is 3.85. The number of aliphatic hydroxyl groups excluding tert-OH is 1. The Morgan fingerprint density at radius 1 is 1.19 bits per heavy atom. The summed E-state index contributed by atoms with van der Waals surface area (Å²) in [5, 5.41) is 10.1. The molecule has 0 unspecified atom stereocenters. The molecule has 3 rings (SSSR count). The molecule has 6 heteroatoms. The molecular formula is C15H22N2O4. The van der Waals surface area contributed by atoms with Crippen LogP contribution in [-0.2, 0) is 0 Å². The molecule has 2 aliphatic heterocycles. The molecule has 0 radical (unpaired) electrons. The average molecular weight is 294 g/mol. The fourth-order valence-corrected chi connectivity index (χ4v) is 2.54. The van der Waals surface area contributed by atoms with Crippen LogP contribution in [0.2, 0.25) is 0 Å². The Labute approximate surface area is 124 Å². The van der Waals surface area contributed by atoms with Crippen LogP contribution < -0.4 is 14.2 Å². The van der Waals surface area contributed by atoms with Gasteiger partial charge in [0.1, 0.15) is 18.5 Å². The Balaban J connectivity index is 1.44. The quantitative estimate of drug-likeness (QED) is 0.848. The van der Waals surface area contributed by atoms with Crippen LogP contribution in [0.1, 0.15) is 0 Å². The van der Waals surface area contributed by atoms with Crippen molar-refractivity contribution in [1.29, 1.82) is 0 Å². The number of rotatable bonds is 5. The van der Waals surface area contributed by atoms with E-state index in [1.165, 1.54) is 0 Å². The highest BCUT2D eigenvalue weighted by Crippen LogP contribution is 2.35. The highest BCUT2D eigenvalue weighted by molar-refractivity contribution is 5.46. The number of fused-ring (bicyclic) bond motifs is 1. The standard InChI is InChI=1S/C15H22N2O4/c1-16-4-6-17(7-5-16)9-12(18)10-19-13-2-3-14-15(8-13)21-11-20-14/h2-3,8,12,18H,4-7,9-11H2,1H3/t12-/m0/s1. The summed E-state index contributed by atoms with van der Waals surface area (Å²) in [5.41, 5.74) is 0. The van der Waals surface area contributed by atoms with Gasteiger partial charge in [-0.3, -0.25) is 4.90 Å². The average Bonchev–Trinajstić information content (AvgIpc) is 2.95. The molecule has 0 bridgehead atoms. The largest absolute Gasteiger partial charge is 0.491 e. The molecule has 6 nitrogen and oxygen atoms in total. The summed E-state index contributed by atoms with van der Waals surface area (Å²) in [6, 6.07) is 5.45. The molecule has 2 aliphatic rings. The van der Waals surface area contributed by atoms with Gasteiger partial charge in [-0.1, -0.05) is 0 Å². The van der Waals surface area contributed by atoms with E-state index in [4.69, 9.17) is 14.2 Å². The second-order valence-electron chi connectivity index (χ2n) is 5.58. The fourth-order valence-electron chi connectivity index (χ4n) is 2.54. The predicted octanol–water partition coefficient (Wildman–Crippen LogP) is 0.402. The van der Waals surface area contributed by atoms with Crippen LogP contribution in [0.4, 0.5) is 0 Å². The first-order valence-electron chi connectivity index (χ1n) is 7.32. The van der Waals surface area contributed by atoms with E-state index in [0.29, 0.717) is 18.0 Å². The topological polar surface area (TPSA) is 54.4 Å². The lowest BCUT2D eigenvalue weighted by atomic mass is 10.2. The second kappa shape index (κ2) is 6.51. The summed E-state index contributed by atoms with van der Waals surface area (Å²) in [6.07, 6.45) is -0.487. The van der Waals surface area contributed by atoms with Gasteiger partial charge >= 0.3 is 0 Å². The van der Waals surface area contributed by atoms with Gasteiger partial charge in [-0.05, 0) is 19.2 Å². The van der Waals surface area contributed by atoms with Gasteiger partial charge in [0.15, 0.2) is 11.5 Å². The SMILES string of the molecule is CN1CCN(C[C@H](O)COc2ccc3c(c2)OCO3)CC1. The first-order chi connectivity index (χ1) is 10.2. The lowest BCUT2D eigenvalue weighted by molar-refractivity contribution is 0.0504. The third kappa shape index (κ3) is 3.78. The van der Waals surface area contributed by atoms with Gasteiger partial charge in [0, 0.05) is 38.8 Å². The molecule has 116 valence electrons. The summed E-state index contributed by atoms with van der Waals surface area (Å²) >= 11 is 0. The molecule has 0 aromatic heterocycles. The number of piperazine rings is 1. The van der Waals surface area contributed by atoms with E-state index in [-0.39, 0.29) is 13.4 Å². The van der Waals surface area contributed by atoms with Crippen LogP contribution in [0.3, 0.4) is 0 Å². The van der Waals surface area contributed by atoms with E-state index in [0.717, 1.165) is 31.9 Å².